The summed E-state index contributed by atoms with van der Waals surface area (Å²) in [4.78, 5) is 28.0. The molecule has 10 heteroatoms. The van der Waals surface area contributed by atoms with E-state index in [1.165, 1.54) is 12.8 Å². The summed E-state index contributed by atoms with van der Waals surface area (Å²) in [5, 5.41) is 11.0. The fourth-order valence-electron chi connectivity index (χ4n) is 3.37. The number of hydrogen-bond acceptors (Lipinski definition) is 5. The minimum absolute atomic E-state index is 0.0975. The number of pyridine rings is 1. The molecule has 1 aliphatic heterocycles. The van der Waals surface area contributed by atoms with Gasteiger partial charge >= 0.3 is 12.1 Å². The molecule has 3 heterocycles. The standard InChI is InChI=1S/C19H22N2O2S.C2HF3O2/c22-19(16-6-9-24-13-16)21-8-5-18(23-12-14-3-4-14)17(21)10-15-2-1-7-20-11-15;3-2(4,5)1(6)7/h1-2,6-7,9,11,13-14,17-18H,3-5,8,10,12H2;(H,6,7)/t17-,18-;/m0./s1. The van der Waals surface area contributed by atoms with E-state index >= 15 is 0 Å². The van der Waals surface area contributed by atoms with Crippen molar-refractivity contribution in [1.82, 2.24) is 9.88 Å². The van der Waals surface area contributed by atoms with Crippen LogP contribution in [0.1, 0.15) is 35.2 Å². The van der Waals surface area contributed by atoms with Crippen LogP contribution in [-0.4, -0.2) is 58.3 Å². The maximum absolute atomic E-state index is 12.9. The predicted molar refractivity (Wildman–Crippen MR) is 108 cm³/mol. The van der Waals surface area contributed by atoms with E-state index < -0.39 is 12.1 Å². The third-order valence-corrected chi connectivity index (χ3v) is 5.85. The first-order valence-corrected chi connectivity index (χ1v) is 10.8. The van der Waals surface area contributed by atoms with Gasteiger partial charge in [0.05, 0.1) is 17.7 Å². The summed E-state index contributed by atoms with van der Waals surface area (Å²) in [6, 6.07) is 6.04. The van der Waals surface area contributed by atoms with Crippen molar-refractivity contribution in [2.24, 2.45) is 5.92 Å². The number of halogens is 3. The van der Waals surface area contributed by atoms with Gasteiger partial charge in [-0.15, -0.1) is 0 Å². The van der Waals surface area contributed by atoms with Crippen molar-refractivity contribution in [1.29, 1.82) is 0 Å². The molecular weight excluding hydrogens is 433 g/mol. The number of ether oxygens (including phenoxy) is 1. The van der Waals surface area contributed by atoms with Crippen LogP contribution in [0.2, 0.25) is 0 Å². The zero-order valence-electron chi connectivity index (χ0n) is 16.6. The maximum Gasteiger partial charge on any atom is 0.490 e. The third-order valence-electron chi connectivity index (χ3n) is 5.17. The Bertz CT molecular complexity index is 857. The van der Waals surface area contributed by atoms with Gasteiger partial charge in [0.1, 0.15) is 0 Å². The number of carbonyl (C=O) groups is 2. The first kappa shape index (κ1) is 23.2. The van der Waals surface area contributed by atoms with E-state index in [0.717, 1.165) is 43.0 Å². The molecule has 6 nitrogen and oxygen atoms in total. The predicted octanol–water partition coefficient (Wildman–Crippen LogP) is 4.03. The first-order chi connectivity index (χ1) is 14.8. The molecule has 0 spiro atoms. The summed E-state index contributed by atoms with van der Waals surface area (Å²) in [5.41, 5.74) is 1.95. The topological polar surface area (TPSA) is 79.7 Å². The molecule has 168 valence electrons. The van der Waals surface area contributed by atoms with Crippen molar-refractivity contribution in [3.63, 3.8) is 0 Å². The zero-order chi connectivity index (χ0) is 22.4. The highest BCUT2D eigenvalue weighted by molar-refractivity contribution is 7.08. The van der Waals surface area contributed by atoms with Crippen LogP contribution in [0.4, 0.5) is 13.2 Å². The molecule has 1 saturated carbocycles. The van der Waals surface area contributed by atoms with Crippen LogP contribution in [-0.2, 0) is 16.0 Å². The molecule has 2 atom stereocenters. The number of alkyl halides is 3. The Morgan fingerprint density at radius 2 is 2.00 bits per heavy atom. The van der Waals surface area contributed by atoms with Gasteiger partial charge in [0.15, 0.2) is 0 Å². The van der Waals surface area contributed by atoms with Crippen LogP contribution in [0.25, 0.3) is 0 Å². The lowest BCUT2D eigenvalue weighted by molar-refractivity contribution is -0.192. The SMILES string of the molecule is O=C(O)C(F)(F)F.O=C(c1ccsc1)N1CC[C@H](OCC2CC2)[C@@H]1Cc1cccnc1. The number of carboxylic acids is 1. The van der Waals surface area contributed by atoms with Gasteiger partial charge in [-0.25, -0.2) is 4.79 Å². The Kier molecular flexibility index (Phi) is 7.66. The van der Waals surface area contributed by atoms with Gasteiger partial charge in [-0.05, 0) is 54.7 Å². The molecule has 0 bridgehead atoms. The van der Waals surface area contributed by atoms with E-state index in [2.05, 4.69) is 11.1 Å². The summed E-state index contributed by atoms with van der Waals surface area (Å²) >= 11 is 1.57. The normalized spacial score (nSPS) is 20.8. The maximum atomic E-state index is 12.9. The number of aliphatic carboxylic acids is 1. The second kappa shape index (κ2) is 10.2. The molecule has 1 aliphatic carbocycles. The van der Waals surface area contributed by atoms with Crippen molar-refractivity contribution in [2.45, 2.75) is 44.0 Å². The van der Waals surface area contributed by atoms with Gasteiger partial charge in [0.25, 0.3) is 5.91 Å². The van der Waals surface area contributed by atoms with Gasteiger partial charge in [0.2, 0.25) is 0 Å². The van der Waals surface area contributed by atoms with E-state index in [-0.39, 0.29) is 18.1 Å². The highest BCUT2D eigenvalue weighted by atomic mass is 32.1. The number of amides is 1. The Balaban J connectivity index is 0.000000339. The number of aromatic nitrogens is 1. The molecule has 0 unspecified atom stereocenters. The fraction of sp³-hybridized carbons (Fsp3) is 0.476. The number of carboxylic acid groups (broad SMARTS) is 1. The minimum atomic E-state index is -5.08. The molecule has 2 aliphatic rings. The number of thiophene rings is 1. The average Bonchev–Trinajstić information content (AvgIpc) is 3.23. The van der Waals surface area contributed by atoms with Gasteiger partial charge < -0.3 is 14.7 Å². The summed E-state index contributed by atoms with van der Waals surface area (Å²) in [7, 11) is 0. The molecule has 2 aromatic heterocycles. The molecule has 0 radical (unpaired) electrons. The van der Waals surface area contributed by atoms with Crippen molar-refractivity contribution in [3.8, 4) is 0 Å². The largest absolute Gasteiger partial charge is 0.490 e. The van der Waals surface area contributed by atoms with Gasteiger partial charge in [-0.1, -0.05) is 6.07 Å². The third kappa shape index (κ3) is 6.76. The van der Waals surface area contributed by atoms with E-state index in [0.29, 0.717) is 0 Å². The summed E-state index contributed by atoms with van der Waals surface area (Å²) in [5.74, 6) is -1.89. The molecule has 4 rings (SSSR count). The van der Waals surface area contributed by atoms with Crippen LogP contribution < -0.4 is 0 Å². The summed E-state index contributed by atoms with van der Waals surface area (Å²) in [6.07, 6.45) is 3.03. The lowest BCUT2D eigenvalue weighted by Crippen LogP contribution is -2.42. The van der Waals surface area contributed by atoms with Crippen molar-refractivity contribution < 1.29 is 32.6 Å². The molecule has 0 aromatic carbocycles. The Morgan fingerprint density at radius 1 is 1.26 bits per heavy atom. The molecule has 1 N–H and O–H groups in total. The molecule has 1 amide bonds. The van der Waals surface area contributed by atoms with Crippen molar-refractivity contribution in [3.05, 3.63) is 52.5 Å². The number of carbonyl (C=O) groups excluding carboxylic acids is 1. The van der Waals surface area contributed by atoms with Crippen molar-refractivity contribution in [2.75, 3.05) is 13.2 Å². The Labute approximate surface area is 181 Å². The van der Waals surface area contributed by atoms with Gasteiger partial charge in [-0.2, -0.15) is 24.5 Å². The van der Waals surface area contributed by atoms with E-state index in [1.54, 1.807) is 17.5 Å². The average molecular weight is 456 g/mol. The monoisotopic (exact) mass is 456 g/mol. The number of likely N-dealkylation sites (tertiary alicyclic amines) is 1. The van der Waals surface area contributed by atoms with Crippen LogP contribution >= 0.6 is 11.3 Å². The van der Waals surface area contributed by atoms with Crippen LogP contribution in [0.5, 0.6) is 0 Å². The summed E-state index contributed by atoms with van der Waals surface area (Å²) < 4.78 is 37.9. The lowest BCUT2D eigenvalue weighted by atomic mass is 10.0. The smallest absolute Gasteiger partial charge is 0.475 e. The summed E-state index contributed by atoms with van der Waals surface area (Å²) in [6.45, 7) is 1.61. The van der Waals surface area contributed by atoms with E-state index in [4.69, 9.17) is 14.6 Å². The number of hydrogen-bond donors (Lipinski definition) is 1. The molecule has 31 heavy (non-hydrogen) atoms. The van der Waals surface area contributed by atoms with Crippen LogP contribution in [0.3, 0.4) is 0 Å². The second-order valence-corrected chi connectivity index (χ2v) is 8.33. The highest BCUT2D eigenvalue weighted by Gasteiger charge is 2.39. The second-order valence-electron chi connectivity index (χ2n) is 7.55. The molecular formula is C21H23F3N2O4S. The molecule has 2 aromatic rings. The van der Waals surface area contributed by atoms with Crippen LogP contribution in [0, 0.1) is 5.92 Å². The fourth-order valence-corrected chi connectivity index (χ4v) is 4.00. The lowest BCUT2D eigenvalue weighted by Gasteiger charge is -2.28. The van der Waals surface area contributed by atoms with E-state index in [9.17, 15) is 18.0 Å². The van der Waals surface area contributed by atoms with Crippen LogP contribution in [0.15, 0.2) is 41.4 Å². The van der Waals surface area contributed by atoms with Gasteiger partial charge in [0, 0.05) is 30.9 Å². The molecule has 2 fully saturated rings. The quantitative estimate of drug-likeness (QED) is 0.710. The number of nitrogens with zero attached hydrogens (tertiary/aromatic N) is 2. The molecule has 1 saturated heterocycles. The van der Waals surface area contributed by atoms with E-state index in [1.807, 2.05) is 34.0 Å². The number of rotatable bonds is 6. The minimum Gasteiger partial charge on any atom is -0.475 e. The Morgan fingerprint density at radius 3 is 2.55 bits per heavy atom. The zero-order valence-corrected chi connectivity index (χ0v) is 17.4. The highest BCUT2D eigenvalue weighted by Crippen LogP contribution is 2.32. The van der Waals surface area contributed by atoms with Gasteiger partial charge in [-0.3, -0.25) is 9.78 Å². The van der Waals surface area contributed by atoms with Crippen molar-refractivity contribution >= 4 is 23.2 Å². The first-order valence-electron chi connectivity index (χ1n) is 9.89. The Hall–Kier alpha value is -2.46.